The number of hydrogen-bond donors (Lipinski definition) is 0. The lowest BCUT2D eigenvalue weighted by Gasteiger charge is -2.38. The Bertz CT molecular complexity index is 923. The summed E-state index contributed by atoms with van der Waals surface area (Å²) in [7, 11) is 5.40. The van der Waals surface area contributed by atoms with Gasteiger partial charge in [-0.25, -0.2) is 4.98 Å². The molecule has 2 aromatic heterocycles. The summed E-state index contributed by atoms with van der Waals surface area (Å²) in [6.07, 6.45) is 8.46. The number of nitrogens with zero attached hydrogens (tertiary/aromatic N) is 4. The summed E-state index contributed by atoms with van der Waals surface area (Å²) in [6, 6.07) is 8.55. The lowest BCUT2D eigenvalue weighted by atomic mass is 9.88. The minimum absolute atomic E-state index is 0.131. The zero-order valence-corrected chi connectivity index (χ0v) is 15.9. The molecule has 3 heterocycles. The predicted octanol–water partition coefficient (Wildman–Crippen LogP) is 2.98. The normalized spacial score (nSPS) is 16.8. The number of pyridine rings is 1. The number of imidazole rings is 1. The molecule has 1 atom stereocenters. The molecule has 140 valence electrons. The van der Waals surface area contributed by atoms with E-state index in [1.54, 1.807) is 14.2 Å². The Morgan fingerprint density at radius 3 is 2.48 bits per heavy atom. The smallest absolute Gasteiger partial charge is 0.161 e. The van der Waals surface area contributed by atoms with E-state index in [0.29, 0.717) is 0 Å². The molecule has 0 radical (unpaired) electrons. The van der Waals surface area contributed by atoms with E-state index < -0.39 is 0 Å². The number of rotatable bonds is 5. The molecule has 1 aromatic carbocycles. The molecule has 6 heteroatoms. The molecule has 0 bridgehead atoms. The highest BCUT2D eigenvalue weighted by Crippen LogP contribution is 2.41. The van der Waals surface area contributed by atoms with Crippen molar-refractivity contribution in [2.24, 2.45) is 7.05 Å². The fourth-order valence-corrected chi connectivity index (χ4v) is 3.85. The van der Waals surface area contributed by atoms with E-state index in [1.807, 2.05) is 32.0 Å². The van der Waals surface area contributed by atoms with Crippen molar-refractivity contribution in [1.82, 2.24) is 19.4 Å². The quantitative estimate of drug-likeness (QED) is 0.697. The van der Waals surface area contributed by atoms with Crippen LogP contribution in [-0.4, -0.2) is 40.2 Å². The Hall–Kier alpha value is -2.86. The van der Waals surface area contributed by atoms with Crippen LogP contribution in [0, 0.1) is 0 Å². The number of aromatic nitrogens is 3. The molecule has 6 nitrogen and oxygen atoms in total. The molecule has 0 amide bonds. The Balaban J connectivity index is 1.80. The van der Waals surface area contributed by atoms with Gasteiger partial charge in [-0.2, -0.15) is 0 Å². The van der Waals surface area contributed by atoms with Gasteiger partial charge >= 0.3 is 0 Å². The third kappa shape index (κ3) is 3.28. The SMILES string of the molecule is COc1cc2c(cc1OC)C(c1ccncc1)N(Cc1cncn1C)CC2. The van der Waals surface area contributed by atoms with E-state index in [1.165, 1.54) is 22.4 Å². The van der Waals surface area contributed by atoms with E-state index in [9.17, 15) is 0 Å². The maximum Gasteiger partial charge on any atom is 0.161 e. The van der Waals surface area contributed by atoms with Gasteiger partial charge in [-0.3, -0.25) is 9.88 Å². The van der Waals surface area contributed by atoms with Gasteiger partial charge in [0.15, 0.2) is 11.5 Å². The van der Waals surface area contributed by atoms with Gasteiger partial charge in [0.2, 0.25) is 0 Å². The second-order valence-corrected chi connectivity index (χ2v) is 6.81. The second kappa shape index (κ2) is 7.40. The molecule has 3 aromatic rings. The molecule has 27 heavy (non-hydrogen) atoms. The first-order valence-corrected chi connectivity index (χ1v) is 9.05. The van der Waals surface area contributed by atoms with E-state index in [4.69, 9.17) is 9.47 Å². The van der Waals surface area contributed by atoms with Crippen molar-refractivity contribution >= 4 is 0 Å². The Labute approximate surface area is 159 Å². The van der Waals surface area contributed by atoms with Gasteiger partial charge < -0.3 is 14.0 Å². The van der Waals surface area contributed by atoms with Gasteiger partial charge in [0.25, 0.3) is 0 Å². The second-order valence-electron chi connectivity index (χ2n) is 6.81. The average molecular weight is 364 g/mol. The molecule has 0 saturated heterocycles. The first-order valence-electron chi connectivity index (χ1n) is 9.05. The van der Waals surface area contributed by atoms with Crippen molar-refractivity contribution in [3.8, 4) is 11.5 Å². The zero-order valence-electron chi connectivity index (χ0n) is 15.9. The standard InChI is InChI=1S/C21H24N4O2/c1-24-14-23-12-17(24)13-25-9-6-16-10-19(26-2)20(27-3)11-18(16)21(25)15-4-7-22-8-5-15/h4-5,7-8,10-12,14,21H,6,9,13H2,1-3H3. The molecule has 0 fully saturated rings. The monoisotopic (exact) mass is 364 g/mol. The molecular formula is C21H24N4O2. The van der Waals surface area contributed by atoms with Crippen LogP contribution in [0.5, 0.6) is 11.5 Å². The van der Waals surface area contributed by atoms with Crippen LogP contribution in [0.15, 0.2) is 49.2 Å². The Kier molecular flexibility index (Phi) is 4.81. The van der Waals surface area contributed by atoms with Crippen molar-refractivity contribution in [1.29, 1.82) is 0 Å². The third-order valence-electron chi connectivity index (χ3n) is 5.28. The fourth-order valence-electron chi connectivity index (χ4n) is 3.85. The number of ether oxygens (including phenoxy) is 2. The van der Waals surface area contributed by atoms with Gasteiger partial charge in [-0.15, -0.1) is 0 Å². The number of methoxy groups -OCH3 is 2. The topological polar surface area (TPSA) is 52.4 Å². The third-order valence-corrected chi connectivity index (χ3v) is 5.28. The highest BCUT2D eigenvalue weighted by Gasteiger charge is 2.30. The Morgan fingerprint density at radius 1 is 1.07 bits per heavy atom. The van der Waals surface area contributed by atoms with E-state index in [0.717, 1.165) is 31.0 Å². The molecule has 0 saturated carbocycles. The van der Waals surface area contributed by atoms with Gasteiger partial charge in [0.05, 0.1) is 32.3 Å². The predicted molar refractivity (Wildman–Crippen MR) is 103 cm³/mol. The largest absolute Gasteiger partial charge is 0.493 e. The van der Waals surface area contributed by atoms with Gasteiger partial charge in [0.1, 0.15) is 0 Å². The van der Waals surface area contributed by atoms with Crippen molar-refractivity contribution < 1.29 is 9.47 Å². The highest BCUT2D eigenvalue weighted by molar-refractivity contribution is 5.51. The summed E-state index contributed by atoms with van der Waals surface area (Å²) < 4.78 is 13.2. The first kappa shape index (κ1) is 17.5. The van der Waals surface area contributed by atoms with Crippen LogP contribution in [0.1, 0.15) is 28.4 Å². The van der Waals surface area contributed by atoms with Crippen molar-refractivity contribution in [2.75, 3.05) is 20.8 Å². The molecular weight excluding hydrogens is 340 g/mol. The van der Waals surface area contributed by atoms with Crippen LogP contribution in [0.3, 0.4) is 0 Å². The van der Waals surface area contributed by atoms with Crippen LogP contribution in [-0.2, 0) is 20.0 Å². The lowest BCUT2D eigenvalue weighted by molar-refractivity contribution is 0.199. The van der Waals surface area contributed by atoms with Crippen LogP contribution in [0.2, 0.25) is 0 Å². The average Bonchev–Trinajstić information content (AvgIpc) is 3.11. The molecule has 0 spiro atoms. The highest BCUT2D eigenvalue weighted by atomic mass is 16.5. The van der Waals surface area contributed by atoms with Crippen LogP contribution < -0.4 is 9.47 Å². The summed E-state index contributed by atoms with van der Waals surface area (Å²) in [5.41, 5.74) is 4.97. The summed E-state index contributed by atoms with van der Waals surface area (Å²) in [5, 5.41) is 0. The molecule has 0 aliphatic carbocycles. The maximum atomic E-state index is 5.58. The molecule has 1 aliphatic rings. The van der Waals surface area contributed by atoms with Gasteiger partial charge in [0, 0.05) is 38.7 Å². The number of fused-ring (bicyclic) bond motifs is 1. The Morgan fingerprint density at radius 2 is 1.81 bits per heavy atom. The van der Waals surface area contributed by atoms with E-state index in [2.05, 4.69) is 43.7 Å². The van der Waals surface area contributed by atoms with Crippen molar-refractivity contribution in [3.63, 3.8) is 0 Å². The maximum absolute atomic E-state index is 5.58. The summed E-state index contributed by atoms with van der Waals surface area (Å²) in [5.74, 6) is 1.54. The fraction of sp³-hybridized carbons (Fsp3) is 0.333. The number of hydrogen-bond acceptors (Lipinski definition) is 5. The van der Waals surface area contributed by atoms with Crippen molar-refractivity contribution in [2.45, 2.75) is 19.0 Å². The number of benzene rings is 1. The summed E-state index contributed by atoms with van der Waals surface area (Å²) >= 11 is 0. The van der Waals surface area contributed by atoms with Crippen LogP contribution in [0.25, 0.3) is 0 Å². The van der Waals surface area contributed by atoms with E-state index >= 15 is 0 Å². The number of aryl methyl sites for hydroxylation is 1. The van der Waals surface area contributed by atoms with Crippen molar-refractivity contribution in [3.05, 3.63) is 71.6 Å². The van der Waals surface area contributed by atoms with E-state index in [-0.39, 0.29) is 6.04 Å². The lowest BCUT2D eigenvalue weighted by Crippen LogP contribution is -2.36. The first-order chi connectivity index (χ1) is 13.2. The summed E-state index contributed by atoms with van der Waals surface area (Å²) in [6.45, 7) is 1.79. The molecule has 1 aliphatic heterocycles. The molecule has 1 unspecified atom stereocenters. The van der Waals surface area contributed by atoms with Crippen LogP contribution in [0.4, 0.5) is 0 Å². The van der Waals surface area contributed by atoms with Gasteiger partial charge in [-0.1, -0.05) is 0 Å². The summed E-state index contributed by atoms with van der Waals surface area (Å²) in [4.78, 5) is 11.0. The molecule has 4 rings (SSSR count). The zero-order chi connectivity index (χ0) is 18.8. The van der Waals surface area contributed by atoms with Gasteiger partial charge in [-0.05, 0) is 47.4 Å². The molecule has 0 N–H and O–H groups in total. The van der Waals surface area contributed by atoms with Crippen LogP contribution >= 0.6 is 0 Å². The minimum atomic E-state index is 0.131. The minimum Gasteiger partial charge on any atom is -0.493 e.